The van der Waals surface area contributed by atoms with Crippen LogP contribution < -0.4 is 20.1 Å². The standard InChI is InChI=1S/C22H28N2O3S/c1-15(2)13-26-19-10-8-18(9-11-19)23-22(28)24-21(25)17-6-5-7-20(12-17)27-14-16(3)4/h5-12,15-16H,13-14H2,1-4H3,(H2,23,24,25,28). The van der Waals surface area contributed by atoms with Gasteiger partial charge in [-0.3, -0.25) is 10.1 Å². The zero-order valence-electron chi connectivity index (χ0n) is 16.8. The quantitative estimate of drug-likeness (QED) is 0.618. The molecule has 2 aromatic carbocycles. The van der Waals surface area contributed by atoms with Crippen LogP contribution in [0.2, 0.25) is 0 Å². The van der Waals surface area contributed by atoms with E-state index in [1.54, 1.807) is 18.2 Å². The molecule has 0 aromatic heterocycles. The van der Waals surface area contributed by atoms with E-state index in [2.05, 4.69) is 38.3 Å². The van der Waals surface area contributed by atoms with Crippen molar-refractivity contribution < 1.29 is 14.3 Å². The van der Waals surface area contributed by atoms with Crippen molar-refractivity contribution in [2.24, 2.45) is 11.8 Å². The zero-order valence-corrected chi connectivity index (χ0v) is 17.6. The van der Waals surface area contributed by atoms with Gasteiger partial charge in [0.05, 0.1) is 13.2 Å². The second-order valence-electron chi connectivity index (χ2n) is 7.37. The predicted molar refractivity (Wildman–Crippen MR) is 117 cm³/mol. The van der Waals surface area contributed by atoms with Crippen LogP contribution >= 0.6 is 12.2 Å². The van der Waals surface area contributed by atoms with Gasteiger partial charge in [0.25, 0.3) is 5.91 Å². The van der Waals surface area contributed by atoms with Crippen LogP contribution in [0.25, 0.3) is 0 Å². The third-order valence-corrected chi connectivity index (χ3v) is 3.81. The van der Waals surface area contributed by atoms with E-state index < -0.39 is 0 Å². The fourth-order valence-corrected chi connectivity index (χ4v) is 2.44. The van der Waals surface area contributed by atoms with E-state index in [-0.39, 0.29) is 11.0 Å². The monoisotopic (exact) mass is 400 g/mol. The fourth-order valence-electron chi connectivity index (χ4n) is 2.23. The van der Waals surface area contributed by atoms with Gasteiger partial charge in [0.15, 0.2) is 5.11 Å². The molecule has 28 heavy (non-hydrogen) atoms. The topological polar surface area (TPSA) is 59.6 Å². The van der Waals surface area contributed by atoms with Crippen molar-refractivity contribution in [2.45, 2.75) is 27.7 Å². The summed E-state index contributed by atoms with van der Waals surface area (Å²) in [4.78, 5) is 12.4. The minimum Gasteiger partial charge on any atom is -0.493 e. The molecule has 1 amide bonds. The van der Waals surface area contributed by atoms with E-state index in [9.17, 15) is 4.79 Å². The first-order valence-electron chi connectivity index (χ1n) is 9.41. The molecular formula is C22H28N2O3S. The molecule has 0 unspecified atom stereocenters. The van der Waals surface area contributed by atoms with E-state index in [0.717, 1.165) is 11.4 Å². The summed E-state index contributed by atoms with van der Waals surface area (Å²) in [7, 11) is 0. The highest BCUT2D eigenvalue weighted by molar-refractivity contribution is 7.80. The summed E-state index contributed by atoms with van der Waals surface area (Å²) >= 11 is 5.24. The minimum atomic E-state index is -0.288. The molecule has 5 nitrogen and oxygen atoms in total. The number of amides is 1. The Morgan fingerprint density at radius 2 is 1.54 bits per heavy atom. The maximum atomic E-state index is 12.4. The highest BCUT2D eigenvalue weighted by atomic mass is 32.1. The maximum Gasteiger partial charge on any atom is 0.257 e. The summed E-state index contributed by atoms with van der Waals surface area (Å²) in [5, 5.41) is 5.92. The van der Waals surface area contributed by atoms with Crippen molar-refractivity contribution in [3.05, 3.63) is 54.1 Å². The lowest BCUT2D eigenvalue weighted by Crippen LogP contribution is -2.34. The number of nitrogens with one attached hydrogen (secondary N) is 2. The van der Waals surface area contributed by atoms with Crippen molar-refractivity contribution >= 4 is 28.9 Å². The van der Waals surface area contributed by atoms with Crippen LogP contribution in [0.15, 0.2) is 48.5 Å². The Hall–Kier alpha value is -2.60. The molecule has 0 spiro atoms. The van der Waals surface area contributed by atoms with Gasteiger partial charge in [-0.25, -0.2) is 0 Å². The SMILES string of the molecule is CC(C)COc1ccc(NC(=S)NC(=O)c2cccc(OCC(C)C)c2)cc1. The molecule has 0 aliphatic carbocycles. The predicted octanol–water partition coefficient (Wildman–Crippen LogP) is 4.88. The zero-order chi connectivity index (χ0) is 20.5. The molecule has 0 saturated heterocycles. The number of carbonyl (C=O) groups excluding carboxylic acids is 1. The lowest BCUT2D eigenvalue weighted by atomic mass is 10.2. The molecule has 0 fully saturated rings. The van der Waals surface area contributed by atoms with Gasteiger partial charge >= 0.3 is 0 Å². The van der Waals surface area contributed by atoms with Crippen molar-refractivity contribution in [3.8, 4) is 11.5 Å². The molecule has 0 bridgehead atoms. The molecule has 0 aliphatic rings. The molecule has 0 radical (unpaired) electrons. The molecule has 150 valence electrons. The Morgan fingerprint density at radius 3 is 2.14 bits per heavy atom. The van der Waals surface area contributed by atoms with Crippen LogP contribution in [0.1, 0.15) is 38.1 Å². The number of anilines is 1. The number of thiocarbonyl (C=S) groups is 1. The molecule has 0 atom stereocenters. The number of hydrogen-bond acceptors (Lipinski definition) is 4. The molecule has 0 heterocycles. The summed E-state index contributed by atoms with van der Waals surface area (Å²) in [6.45, 7) is 9.61. The molecule has 2 rings (SSSR count). The van der Waals surface area contributed by atoms with E-state index >= 15 is 0 Å². The second-order valence-corrected chi connectivity index (χ2v) is 7.78. The Labute approximate surface area is 172 Å². The number of rotatable bonds is 8. The van der Waals surface area contributed by atoms with Gasteiger partial charge in [0.1, 0.15) is 11.5 Å². The Kier molecular flexibility index (Phi) is 8.26. The van der Waals surface area contributed by atoms with Crippen LogP contribution in [0.3, 0.4) is 0 Å². The van der Waals surface area contributed by atoms with Crippen molar-refractivity contribution in [3.63, 3.8) is 0 Å². The Morgan fingerprint density at radius 1 is 0.929 bits per heavy atom. The van der Waals surface area contributed by atoms with E-state index in [0.29, 0.717) is 36.4 Å². The van der Waals surface area contributed by atoms with Crippen LogP contribution in [-0.2, 0) is 0 Å². The smallest absolute Gasteiger partial charge is 0.257 e. The number of ether oxygens (including phenoxy) is 2. The van der Waals surface area contributed by atoms with Crippen molar-refractivity contribution in [2.75, 3.05) is 18.5 Å². The molecular weight excluding hydrogens is 372 g/mol. The average molecular weight is 401 g/mol. The van der Waals surface area contributed by atoms with Gasteiger partial charge in [0.2, 0.25) is 0 Å². The van der Waals surface area contributed by atoms with Gasteiger partial charge in [-0.2, -0.15) is 0 Å². The van der Waals surface area contributed by atoms with Gasteiger partial charge in [-0.1, -0.05) is 33.8 Å². The molecule has 0 aliphatic heterocycles. The third-order valence-electron chi connectivity index (χ3n) is 3.60. The van der Waals surface area contributed by atoms with Crippen molar-refractivity contribution in [1.29, 1.82) is 0 Å². The van der Waals surface area contributed by atoms with Gasteiger partial charge in [0, 0.05) is 11.3 Å². The first-order chi connectivity index (χ1) is 13.3. The molecule has 2 aromatic rings. The lowest BCUT2D eigenvalue weighted by Gasteiger charge is -2.12. The summed E-state index contributed by atoms with van der Waals surface area (Å²) in [5.41, 5.74) is 1.26. The van der Waals surface area contributed by atoms with E-state index in [1.165, 1.54) is 0 Å². The first-order valence-corrected chi connectivity index (χ1v) is 9.82. The van der Waals surface area contributed by atoms with Gasteiger partial charge in [-0.05, 0) is 66.5 Å². The summed E-state index contributed by atoms with van der Waals surface area (Å²) in [6, 6.07) is 14.5. The molecule has 6 heteroatoms. The number of carbonyl (C=O) groups is 1. The Bertz CT molecular complexity index is 789. The first kappa shape index (κ1) is 21.7. The number of benzene rings is 2. The molecule has 2 N–H and O–H groups in total. The molecule has 0 saturated carbocycles. The number of hydrogen-bond donors (Lipinski definition) is 2. The fraction of sp³-hybridized carbons (Fsp3) is 0.364. The second kappa shape index (κ2) is 10.7. The largest absolute Gasteiger partial charge is 0.493 e. The summed E-state index contributed by atoms with van der Waals surface area (Å²) in [5.74, 6) is 2.06. The summed E-state index contributed by atoms with van der Waals surface area (Å²) in [6.07, 6.45) is 0. The van der Waals surface area contributed by atoms with Gasteiger partial charge < -0.3 is 14.8 Å². The maximum absolute atomic E-state index is 12.4. The van der Waals surface area contributed by atoms with Crippen molar-refractivity contribution in [1.82, 2.24) is 5.32 Å². The normalized spacial score (nSPS) is 10.6. The summed E-state index contributed by atoms with van der Waals surface area (Å²) < 4.78 is 11.3. The van der Waals surface area contributed by atoms with Gasteiger partial charge in [-0.15, -0.1) is 0 Å². The van der Waals surface area contributed by atoms with Crippen LogP contribution in [0, 0.1) is 11.8 Å². The highest BCUT2D eigenvalue weighted by Gasteiger charge is 2.10. The van der Waals surface area contributed by atoms with Crippen LogP contribution in [-0.4, -0.2) is 24.2 Å². The van der Waals surface area contributed by atoms with E-state index in [1.807, 2.05) is 30.3 Å². The highest BCUT2D eigenvalue weighted by Crippen LogP contribution is 2.17. The minimum absolute atomic E-state index is 0.231. The van der Waals surface area contributed by atoms with Crippen LogP contribution in [0.4, 0.5) is 5.69 Å². The lowest BCUT2D eigenvalue weighted by molar-refractivity contribution is 0.0977. The van der Waals surface area contributed by atoms with E-state index in [4.69, 9.17) is 21.7 Å². The third kappa shape index (κ3) is 7.56. The Balaban J connectivity index is 1.88. The van der Waals surface area contributed by atoms with Crippen LogP contribution in [0.5, 0.6) is 11.5 Å². The average Bonchev–Trinajstić information content (AvgIpc) is 2.66.